The zero-order chi connectivity index (χ0) is 11.1. The van der Waals surface area contributed by atoms with Crippen LogP contribution in [-0.2, 0) is 0 Å². The van der Waals surface area contributed by atoms with E-state index in [1.807, 2.05) is 32.0 Å². The number of aliphatic hydroxyl groups is 1. The average molecular weight is 204 g/mol. The number of benzene rings is 1. The number of hydrogen-bond donors (Lipinski definition) is 1. The van der Waals surface area contributed by atoms with Gasteiger partial charge in [-0.2, -0.15) is 0 Å². The Kier molecular flexibility index (Phi) is 4.73. The fourth-order valence-electron chi connectivity index (χ4n) is 1.27. The van der Waals surface area contributed by atoms with Gasteiger partial charge in [-0.05, 0) is 37.6 Å². The molecule has 0 aliphatic rings. The number of hydrogen-bond acceptors (Lipinski definition) is 2. The molecule has 0 unspecified atom stereocenters. The number of ether oxygens (including phenoxy) is 1. The van der Waals surface area contributed by atoms with Crippen LogP contribution >= 0.6 is 0 Å². The first-order valence-corrected chi connectivity index (χ1v) is 5.11. The van der Waals surface area contributed by atoms with Gasteiger partial charge in [0.25, 0.3) is 0 Å². The highest BCUT2D eigenvalue weighted by Crippen LogP contribution is 2.18. The highest BCUT2D eigenvalue weighted by atomic mass is 16.5. The van der Waals surface area contributed by atoms with Gasteiger partial charge in [-0.1, -0.05) is 11.8 Å². The molecule has 0 heterocycles. The van der Waals surface area contributed by atoms with Crippen LogP contribution in [0.5, 0.6) is 5.75 Å². The van der Waals surface area contributed by atoms with E-state index in [-0.39, 0.29) is 6.61 Å². The zero-order valence-electron chi connectivity index (χ0n) is 9.21. The zero-order valence-corrected chi connectivity index (χ0v) is 9.21. The Morgan fingerprint density at radius 3 is 2.80 bits per heavy atom. The molecule has 0 atom stereocenters. The summed E-state index contributed by atoms with van der Waals surface area (Å²) in [6.45, 7) is 4.76. The van der Waals surface area contributed by atoms with E-state index < -0.39 is 0 Å². The smallest absolute Gasteiger partial charge is 0.122 e. The van der Waals surface area contributed by atoms with Crippen molar-refractivity contribution in [3.05, 3.63) is 29.3 Å². The van der Waals surface area contributed by atoms with Crippen molar-refractivity contribution < 1.29 is 9.84 Å². The molecule has 0 bridgehead atoms. The lowest BCUT2D eigenvalue weighted by molar-refractivity contribution is 0.305. The average Bonchev–Trinajstić information content (AvgIpc) is 2.23. The number of aryl methyl sites for hydroxylation is 1. The fraction of sp³-hybridized carbons (Fsp3) is 0.385. The van der Waals surface area contributed by atoms with Gasteiger partial charge < -0.3 is 9.84 Å². The van der Waals surface area contributed by atoms with Crippen LogP contribution in [0, 0.1) is 18.8 Å². The van der Waals surface area contributed by atoms with Crippen molar-refractivity contribution in [2.45, 2.75) is 20.3 Å². The molecule has 15 heavy (non-hydrogen) atoms. The Morgan fingerprint density at radius 2 is 2.20 bits per heavy atom. The molecule has 1 N–H and O–H groups in total. The summed E-state index contributed by atoms with van der Waals surface area (Å²) in [6.07, 6.45) is 0.520. The Morgan fingerprint density at radius 1 is 1.40 bits per heavy atom. The summed E-state index contributed by atoms with van der Waals surface area (Å²) in [5.74, 6) is 6.79. The second-order valence-corrected chi connectivity index (χ2v) is 3.19. The lowest BCUT2D eigenvalue weighted by Gasteiger charge is -2.06. The van der Waals surface area contributed by atoms with Crippen molar-refractivity contribution in [3.63, 3.8) is 0 Å². The van der Waals surface area contributed by atoms with Gasteiger partial charge in [0.05, 0.1) is 13.2 Å². The van der Waals surface area contributed by atoms with E-state index in [2.05, 4.69) is 11.8 Å². The largest absolute Gasteiger partial charge is 0.494 e. The van der Waals surface area contributed by atoms with Gasteiger partial charge in [0, 0.05) is 12.0 Å². The van der Waals surface area contributed by atoms with Crippen LogP contribution in [-0.4, -0.2) is 18.3 Å². The van der Waals surface area contributed by atoms with Crippen LogP contribution in [0.3, 0.4) is 0 Å². The number of rotatable bonds is 3. The maximum Gasteiger partial charge on any atom is 0.122 e. The summed E-state index contributed by atoms with van der Waals surface area (Å²) < 4.78 is 5.43. The van der Waals surface area contributed by atoms with E-state index in [1.54, 1.807) is 0 Å². The summed E-state index contributed by atoms with van der Waals surface area (Å²) in [6, 6.07) is 5.86. The topological polar surface area (TPSA) is 29.5 Å². The second kappa shape index (κ2) is 6.10. The number of aliphatic hydroxyl groups excluding tert-OH is 1. The molecule has 0 aliphatic heterocycles. The van der Waals surface area contributed by atoms with Gasteiger partial charge in [-0.25, -0.2) is 0 Å². The van der Waals surface area contributed by atoms with Crippen molar-refractivity contribution >= 4 is 0 Å². The third-order valence-corrected chi connectivity index (χ3v) is 1.94. The minimum absolute atomic E-state index is 0.114. The SMILES string of the molecule is CCOc1ccc(C#CCCO)cc1C. The van der Waals surface area contributed by atoms with Crippen molar-refractivity contribution in [1.82, 2.24) is 0 Å². The molecule has 0 radical (unpaired) electrons. The molecular formula is C13H16O2. The molecule has 0 aromatic heterocycles. The first-order chi connectivity index (χ1) is 7.27. The minimum Gasteiger partial charge on any atom is -0.494 e. The predicted octanol–water partition coefficient (Wildman–Crippen LogP) is 2.13. The fourth-order valence-corrected chi connectivity index (χ4v) is 1.27. The standard InChI is InChI=1S/C13H16O2/c1-3-15-13-8-7-12(10-11(13)2)6-4-5-9-14/h7-8,10,14H,3,5,9H2,1-2H3. The molecule has 2 nitrogen and oxygen atoms in total. The molecule has 2 heteroatoms. The molecule has 1 rings (SSSR count). The molecule has 1 aromatic rings. The highest BCUT2D eigenvalue weighted by Gasteiger charge is 1.98. The Balaban J connectivity index is 2.78. The van der Waals surface area contributed by atoms with E-state index in [4.69, 9.17) is 9.84 Å². The first-order valence-electron chi connectivity index (χ1n) is 5.11. The predicted molar refractivity (Wildman–Crippen MR) is 60.9 cm³/mol. The second-order valence-electron chi connectivity index (χ2n) is 3.19. The van der Waals surface area contributed by atoms with Gasteiger partial charge in [0.15, 0.2) is 0 Å². The van der Waals surface area contributed by atoms with Crippen molar-refractivity contribution in [1.29, 1.82) is 0 Å². The summed E-state index contributed by atoms with van der Waals surface area (Å²) in [5.41, 5.74) is 2.05. The monoisotopic (exact) mass is 204 g/mol. The van der Waals surface area contributed by atoms with Gasteiger partial charge in [-0.3, -0.25) is 0 Å². The summed E-state index contributed by atoms with van der Waals surface area (Å²) in [7, 11) is 0. The van der Waals surface area contributed by atoms with Crippen LogP contribution < -0.4 is 4.74 Å². The normalized spacial score (nSPS) is 9.27. The lowest BCUT2D eigenvalue weighted by atomic mass is 10.1. The van der Waals surface area contributed by atoms with Gasteiger partial charge in [0.2, 0.25) is 0 Å². The van der Waals surface area contributed by atoms with Crippen LogP contribution in [0.2, 0.25) is 0 Å². The first kappa shape index (κ1) is 11.6. The Bertz CT molecular complexity index is 372. The molecule has 0 aliphatic carbocycles. The maximum absolute atomic E-state index is 8.59. The van der Waals surface area contributed by atoms with Crippen molar-refractivity contribution in [2.24, 2.45) is 0 Å². The van der Waals surface area contributed by atoms with E-state index in [0.29, 0.717) is 13.0 Å². The van der Waals surface area contributed by atoms with Gasteiger partial charge >= 0.3 is 0 Å². The summed E-state index contributed by atoms with van der Waals surface area (Å²) in [5, 5.41) is 8.59. The molecule has 0 saturated carbocycles. The third kappa shape index (κ3) is 3.65. The molecule has 1 aromatic carbocycles. The molecule has 0 spiro atoms. The Hall–Kier alpha value is -1.46. The van der Waals surface area contributed by atoms with Crippen LogP contribution in [0.15, 0.2) is 18.2 Å². The van der Waals surface area contributed by atoms with Crippen molar-refractivity contribution in [3.8, 4) is 17.6 Å². The Labute approximate surface area is 90.9 Å². The lowest BCUT2D eigenvalue weighted by Crippen LogP contribution is -1.94. The van der Waals surface area contributed by atoms with E-state index in [0.717, 1.165) is 16.9 Å². The highest BCUT2D eigenvalue weighted by molar-refractivity contribution is 5.43. The summed E-state index contributed by atoms with van der Waals surface area (Å²) in [4.78, 5) is 0. The third-order valence-electron chi connectivity index (χ3n) is 1.94. The van der Waals surface area contributed by atoms with Crippen molar-refractivity contribution in [2.75, 3.05) is 13.2 Å². The van der Waals surface area contributed by atoms with Crippen LogP contribution in [0.25, 0.3) is 0 Å². The van der Waals surface area contributed by atoms with Crippen LogP contribution in [0.1, 0.15) is 24.5 Å². The molecule has 80 valence electrons. The van der Waals surface area contributed by atoms with E-state index in [9.17, 15) is 0 Å². The molecular weight excluding hydrogens is 188 g/mol. The van der Waals surface area contributed by atoms with E-state index in [1.165, 1.54) is 0 Å². The van der Waals surface area contributed by atoms with Gasteiger partial charge in [0.1, 0.15) is 5.75 Å². The molecule has 0 fully saturated rings. The molecule has 0 amide bonds. The van der Waals surface area contributed by atoms with E-state index >= 15 is 0 Å². The van der Waals surface area contributed by atoms with Crippen LogP contribution in [0.4, 0.5) is 0 Å². The molecule has 0 saturated heterocycles. The minimum atomic E-state index is 0.114. The van der Waals surface area contributed by atoms with Gasteiger partial charge in [-0.15, -0.1) is 0 Å². The maximum atomic E-state index is 8.59. The summed E-state index contributed by atoms with van der Waals surface area (Å²) >= 11 is 0. The quantitative estimate of drug-likeness (QED) is 0.764.